The van der Waals surface area contributed by atoms with Gasteiger partial charge in [0.25, 0.3) is 5.91 Å². The molecule has 232 valence electrons. The van der Waals surface area contributed by atoms with Crippen LogP contribution in [-0.4, -0.2) is 49.2 Å². The van der Waals surface area contributed by atoms with Crippen molar-refractivity contribution in [2.24, 2.45) is 0 Å². The Morgan fingerprint density at radius 3 is 1.93 bits per heavy atom. The Morgan fingerprint density at radius 2 is 1.41 bits per heavy atom. The normalized spacial score (nSPS) is 14.0. The summed E-state index contributed by atoms with van der Waals surface area (Å²) < 4.78 is 85.8. The summed E-state index contributed by atoms with van der Waals surface area (Å²) in [4.78, 5) is 31.5. The van der Waals surface area contributed by atoms with E-state index in [9.17, 15) is 41.0 Å². The number of esters is 1. The van der Waals surface area contributed by atoms with Gasteiger partial charge >= 0.3 is 18.3 Å². The lowest BCUT2D eigenvalue weighted by Gasteiger charge is -2.41. The first kappa shape index (κ1) is 32.2. The molecule has 0 aliphatic carbocycles. The number of rotatable bonds is 10. The molecule has 0 aliphatic heterocycles. The van der Waals surface area contributed by atoms with Crippen LogP contribution in [0.4, 0.5) is 26.3 Å². The van der Waals surface area contributed by atoms with E-state index < -0.39 is 60.1 Å². The van der Waals surface area contributed by atoms with Gasteiger partial charge in [-0.3, -0.25) is 9.59 Å². The fraction of sp³-hybridized carbons (Fsp3) is 0.267. The summed E-state index contributed by atoms with van der Waals surface area (Å²) in [6, 6.07) is 14.0. The zero-order valence-electron chi connectivity index (χ0n) is 23.1. The number of aliphatic hydroxyl groups is 1. The predicted octanol–water partition coefficient (Wildman–Crippen LogP) is 5.48. The second kappa shape index (κ2) is 12.9. The molecule has 8 nitrogen and oxygen atoms in total. The predicted molar refractivity (Wildman–Crippen MR) is 144 cm³/mol. The van der Waals surface area contributed by atoms with Gasteiger partial charge in [0, 0.05) is 5.56 Å². The number of hydrogen-bond donors (Lipinski definition) is 1. The van der Waals surface area contributed by atoms with E-state index in [1.54, 1.807) is 30.3 Å². The van der Waals surface area contributed by atoms with Crippen LogP contribution >= 0.6 is 0 Å². The number of hydrogen-bond acceptors (Lipinski definition) is 6. The van der Waals surface area contributed by atoms with Crippen molar-refractivity contribution in [2.75, 3.05) is 6.54 Å². The van der Waals surface area contributed by atoms with Crippen molar-refractivity contribution >= 4 is 11.9 Å². The summed E-state index contributed by atoms with van der Waals surface area (Å²) in [5.74, 6) is -1.84. The third-order valence-electron chi connectivity index (χ3n) is 7.00. The molecule has 0 unspecified atom stereocenters. The second-order valence-electron chi connectivity index (χ2n) is 9.92. The standard InChI is InChI=1S/C30H26F6N4O4/c1-20(28(43,17-39-19-37-18-38-39)23-11-13-25(14-12-23)30(34,35)36)40(15-26(41)44-16-21-5-3-2-4-6-21)27(42)22-7-9-24(10-8-22)29(31,32)33/h2-14,18-20,43H,15-17H2,1H3/t20-,28-/m1/s1. The summed E-state index contributed by atoms with van der Waals surface area (Å²) in [6.07, 6.45) is -6.94. The van der Waals surface area contributed by atoms with Gasteiger partial charge in [-0.2, -0.15) is 31.4 Å². The topological polar surface area (TPSA) is 97.6 Å². The molecule has 0 spiro atoms. The van der Waals surface area contributed by atoms with Crippen LogP contribution in [0.1, 0.15) is 39.5 Å². The number of halogens is 6. The minimum atomic E-state index is -4.67. The number of carbonyl (C=O) groups excluding carboxylic acids is 2. The third kappa shape index (κ3) is 7.61. The van der Waals surface area contributed by atoms with Crippen LogP contribution in [0.15, 0.2) is 91.5 Å². The number of aromatic nitrogens is 3. The Hall–Kier alpha value is -4.72. The van der Waals surface area contributed by atoms with Crippen LogP contribution in [0.2, 0.25) is 0 Å². The molecule has 1 aromatic heterocycles. The summed E-state index contributed by atoms with van der Waals surface area (Å²) >= 11 is 0. The van der Waals surface area contributed by atoms with Gasteiger partial charge in [0.15, 0.2) is 0 Å². The van der Waals surface area contributed by atoms with E-state index in [0.717, 1.165) is 47.6 Å². The fourth-order valence-electron chi connectivity index (χ4n) is 4.51. The highest BCUT2D eigenvalue weighted by Gasteiger charge is 2.43. The Bertz CT molecular complexity index is 1540. The lowest BCUT2D eigenvalue weighted by atomic mass is 9.85. The molecule has 0 saturated heterocycles. The molecule has 3 aromatic carbocycles. The van der Waals surface area contributed by atoms with Crippen molar-refractivity contribution < 1.29 is 45.8 Å². The van der Waals surface area contributed by atoms with Gasteiger partial charge in [0.1, 0.15) is 31.4 Å². The number of alkyl halides is 6. The highest BCUT2D eigenvalue weighted by molar-refractivity contribution is 5.96. The molecule has 0 bridgehead atoms. The van der Waals surface area contributed by atoms with E-state index in [1.807, 2.05) is 0 Å². The summed E-state index contributed by atoms with van der Waals surface area (Å²) in [5.41, 5.74) is -3.84. The molecule has 0 radical (unpaired) electrons. The van der Waals surface area contributed by atoms with Crippen molar-refractivity contribution in [1.29, 1.82) is 0 Å². The maximum Gasteiger partial charge on any atom is 0.416 e. The Labute approximate surface area is 247 Å². The lowest BCUT2D eigenvalue weighted by Crippen LogP contribution is -2.55. The zero-order chi connectivity index (χ0) is 32.1. The Balaban J connectivity index is 1.72. The first-order valence-corrected chi connectivity index (χ1v) is 13.1. The molecule has 0 fully saturated rings. The fourth-order valence-corrected chi connectivity index (χ4v) is 4.51. The smallest absolute Gasteiger partial charge is 0.416 e. The van der Waals surface area contributed by atoms with Crippen LogP contribution < -0.4 is 0 Å². The van der Waals surface area contributed by atoms with Gasteiger partial charge < -0.3 is 14.7 Å². The molecule has 44 heavy (non-hydrogen) atoms. The van der Waals surface area contributed by atoms with Crippen molar-refractivity contribution in [2.45, 2.75) is 44.1 Å². The minimum Gasteiger partial charge on any atom is -0.459 e. The first-order valence-electron chi connectivity index (χ1n) is 13.1. The SMILES string of the molecule is C[C@@H](N(CC(=O)OCc1ccccc1)C(=O)c1ccc(C(F)(F)F)cc1)[C@](O)(Cn1cncn1)c1ccc(C(F)(F)F)cc1. The summed E-state index contributed by atoms with van der Waals surface area (Å²) in [6.45, 7) is 0.0170. The zero-order valence-corrected chi connectivity index (χ0v) is 23.1. The van der Waals surface area contributed by atoms with Gasteiger partial charge in [-0.25, -0.2) is 9.67 Å². The van der Waals surface area contributed by atoms with Gasteiger partial charge in [0.05, 0.1) is 23.7 Å². The maximum absolute atomic E-state index is 13.8. The van der Waals surface area contributed by atoms with E-state index in [1.165, 1.54) is 17.9 Å². The van der Waals surface area contributed by atoms with E-state index >= 15 is 0 Å². The van der Waals surface area contributed by atoms with Crippen LogP contribution in [0.3, 0.4) is 0 Å². The molecule has 0 aliphatic rings. The molecule has 4 rings (SSSR count). The summed E-state index contributed by atoms with van der Waals surface area (Å²) in [5, 5.41) is 16.0. The average Bonchev–Trinajstić information content (AvgIpc) is 3.50. The van der Waals surface area contributed by atoms with Gasteiger partial charge in [-0.1, -0.05) is 42.5 Å². The monoisotopic (exact) mass is 620 g/mol. The highest BCUT2D eigenvalue weighted by Crippen LogP contribution is 2.35. The molecule has 14 heteroatoms. The van der Waals surface area contributed by atoms with Gasteiger partial charge in [0.2, 0.25) is 0 Å². The molecule has 4 aromatic rings. The molecular weight excluding hydrogens is 594 g/mol. The number of benzene rings is 3. The van der Waals surface area contributed by atoms with E-state index in [4.69, 9.17) is 4.74 Å². The van der Waals surface area contributed by atoms with Crippen molar-refractivity contribution in [3.8, 4) is 0 Å². The van der Waals surface area contributed by atoms with Crippen molar-refractivity contribution in [3.63, 3.8) is 0 Å². The van der Waals surface area contributed by atoms with Crippen molar-refractivity contribution in [3.05, 3.63) is 119 Å². The van der Waals surface area contributed by atoms with E-state index in [-0.39, 0.29) is 17.7 Å². The molecule has 0 saturated carbocycles. The molecule has 1 amide bonds. The van der Waals surface area contributed by atoms with E-state index in [2.05, 4.69) is 10.1 Å². The maximum atomic E-state index is 13.8. The first-order chi connectivity index (χ1) is 20.7. The molecule has 1 heterocycles. The van der Waals surface area contributed by atoms with E-state index in [0.29, 0.717) is 17.7 Å². The van der Waals surface area contributed by atoms with Gasteiger partial charge in [-0.15, -0.1) is 0 Å². The molecular formula is C30H26F6N4O4. The number of nitrogens with zero attached hydrogens (tertiary/aromatic N) is 4. The van der Waals surface area contributed by atoms with Crippen molar-refractivity contribution in [1.82, 2.24) is 19.7 Å². The van der Waals surface area contributed by atoms with Crippen LogP contribution in [-0.2, 0) is 40.6 Å². The average molecular weight is 621 g/mol. The Kier molecular flexibility index (Phi) is 9.42. The summed E-state index contributed by atoms with van der Waals surface area (Å²) in [7, 11) is 0. The quantitative estimate of drug-likeness (QED) is 0.186. The highest BCUT2D eigenvalue weighted by atomic mass is 19.4. The van der Waals surface area contributed by atoms with Crippen LogP contribution in [0.5, 0.6) is 0 Å². The Morgan fingerprint density at radius 1 is 0.864 bits per heavy atom. The van der Waals surface area contributed by atoms with Crippen LogP contribution in [0, 0.1) is 0 Å². The largest absolute Gasteiger partial charge is 0.459 e. The minimum absolute atomic E-state index is 0.0589. The number of amides is 1. The number of carbonyl (C=O) groups is 2. The second-order valence-corrected chi connectivity index (χ2v) is 9.92. The number of ether oxygens (including phenoxy) is 1. The lowest BCUT2D eigenvalue weighted by molar-refractivity contribution is -0.148. The molecule has 2 atom stereocenters. The third-order valence-corrected chi connectivity index (χ3v) is 7.00. The van der Waals surface area contributed by atoms with Gasteiger partial charge in [-0.05, 0) is 54.4 Å². The molecule has 1 N–H and O–H groups in total. The van der Waals surface area contributed by atoms with Crippen LogP contribution in [0.25, 0.3) is 0 Å².